The number of hydrogen-bond donors (Lipinski definition) is 3. The monoisotopic (exact) mass is 298 g/mol. The molecule has 0 saturated heterocycles. The van der Waals surface area contributed by atoms with E-state index < -0.39 is 0 Å². The zero-order valence-corrected chi connectivity index (χ0v) is 13.9. The van der Waals surface area contributed by atoms with Crippen molar-refractivity contribution in [2.45, 2.75) is 45.2 Å². The number of nitrogens with one attached hydrogen (secondary N) is 2. The largest absolute Gasteiger partial charge is 0.506 e. The van der Waals surface area contributed by atoms with Crippen LogP contribution in [0.3, 0.4) is 0 Å². The van der Waals surface area contributed by atoms with Crippen molar-refractivity contribution in [3.63, 3.8) is 0 Å². The van der Waals surface area contributed by atoms with Crippen LogP contribution < -0.4 is 10.6 Å². The number of rotatable bonds is 4. The second kappa shape index (κ2) is 6.30. The van der Waals surface area contributed by atoms with Gasteiger partial charge < -0.3 is 15.7 Å². The third-order valence-electron chi connectivity index (χ3n) is 3.94. The van der Waals surface area contributed by atoms with Gasteiger partial charge in [0.05, 0.1) is 6.04 Å². The van der Waals surface area contributed by atoms with Crippen molar-refractivity contribution in [3.8, 4) is 0 Å². The Balaban J connectivity index is 1.99. The first-order chi connectivity index (χ1) is 10.3. The van der Waals surface area contributed by atoms with Crippen LogP contribution >= 0.6 is 0 Å². The molecule has 22 heavy (non-hydrogen) atoms. The lowest BCUT2D eigenvalue weighted by atomic mass is 9.86. The first kappa shape index (κ1) is 16.2. The highest BCUT2D eigenvalue weighted by Gasteiger charge is 2.17. The lowest BCUT2D eigenvalue weighted by Gasteiger charge is -2.26. The molecular formula is C19H26N2O. The molecule has 1 aliphatic heterocycles. The summed E-state index contributed by atoms with van der Waals surface area (Å²) in [7, 11) is 0. The molecular weight excluding hydrogens is 272 g/mol. The summed E-state index contributed by atoms with van der Waals surface area (Å²) in [6.07, 6.45) is 5.27. The average molecular weight is 298 g/mol. The highest BCUT2D eigenvalue weighted by Crippen LogP contribution is 2.23. The maximum atomic E-state index is 9.33. The Bertz CT molecular complexity index is 591. The van der Waals surface area contributed by atoms with Crippen molar-refractivity contribution >= 4 is 5.70 Å². The van der Waals surface area contributed by atoms with Gasteiger partial charge in [-0.15, -0.1) is 0 Å². The van der Waals surface area contributed by atoms with Crippen LogP contribution in [0.1, 0.15) is 38.8 Å². The first-order valence-corrected chi connectivity index (χ1v) is 7.67. The van der Waals surface area contributed by atoms with Crippen molar-refractivity contribution < 1.29 is 5.11 Å². The average Bonchev–Trinajstić information content (AvgIpc) is 2.47. The zero-order chi connectivity index (χ0) is 16.3. The molecule has 3 N–H and O–H groups in total. The Morgan fingerprint density at radius 3 is 2.41 bits per heavy atom. The molecule has 2 atom stereocenters. The van der Waals surface area contributed by atoms with Crippen LogP contribution in [0.4, 0.5) is 0 Å². The minimum Gasteiger partial charge on any atom is -0.506 e. The predicted molar refractivity (Wildman–Crippen MR) is 93.5 cm³/mol. The van der Waals surface area contributed by atoms with E-state index in [1.54, 1.807) is 12.3 Å². The maximum absolute atomic E-state index is 9.33. The highest BCUT2D eigenvalue weighted by molar-refractivity contribution is 5.62. The van der Waals surface area contributed by atoms with E-state index in [9.17, 15) is 5.11 Å². The normalized spacial score (nSPS) is 19.1. The minimum atomic E-state index is 0.126. The van der Waals surface area contributed by atoms with Gasteiger partial charge in [-0.2, -0.15) is 0 Å². The molecule has 1 heterocycles. The number of aliphatic hydroxyl groups is 1. The molecule has 0 aromatic heterocycles. The van der Waals surface area contributed by atoms with Crippen LogP contribution in [-0.2, 0) is 5.41 Å². The molecule has 1 aromatic rings. The van der Waals surface area contributed by atoms with E-state index >= 15 is 0 Å². The molecule has 0 bridgehead atoms. The summed E-state index contributed by atoms with van der Waals surface area (Å²) in [6.45, 7) is 12.9. The fraction of sp³-hybridized carbons (Fsp3) is 0.368. The van der Waals surface area contributed by atoms with Gasteiger partial charge >= 0.3 is 0 Å². The fourth-order valence-electron chi connectivity index (χ4n) is 2.42. The van der Waals surface area contributed by atoms with Crippen LogP contribution in [0, 0.1) is 0 Å². The second-order valence-corrected chi connectivity index (χ2v) is 6.86. The summed E-state index contributed by atoms with van der Waals surface area (Å²) in [5, 5.41) is 15.9. The van der Waals surface area contributed by atoms with Crippen LogP contribution in [0.15, 0.2) is 55.0 Å². The van der Waals surface area contributed by atoms with Crippen LogP contribution in [0.2, 0.25) is 0 Å². The Kier molecular flexibility index (Phi) is 4.65. The number of dihydropyridines is 1. The fourth-order valence-corrected chi connectivity index (χ4v) is 2.42. The molecule has 0 spiro atoms. The van der Waals surface area contributed by atoms with Gasteiger partial charge in [-0.25, -0.2) is 0 Å². The Morgan fingerprint density at radius 2 is 1.91 bits per heavy atom. The van der Waals surface area contributed by atoms with Gasteiger partial charge in [0.15, 0.2) is 0 Å². The lowest BCUT2D eigenvalue weighted by Crippen LogP contribution is -2.43. The van der Waals surface area contributed by atoms with Crippen molar-refractivity contribution in [3.05, 3.63) is 66.1 Å². The molecule has 0 saturated carbocycles. The van der Waals surface area contributed by atoms with Gasteiger partial charge in [0.1, 0.15) is 5.76 Å². The summed E-state index contributed by atoms with van der Waals surface area (Å²) in [6, 6.07) is 8.83. The van der Waals surface area contributed by atoms with Crippen LogP contribution in [0.25, 0.3) is 5.70 Å². The molecule has 0 fully saturated rings. The third kappa shape index (κ3) is 3.94. The molecule has 3 nitrogen and oxygen atoms in total. The smallest absolute Gasteiger partial charge is 0.130 e. The molecule has 2 unspecified atom stereocenters. The van der Waals surface area contributed by atoms with E-state index in [0.717, 1.165) is 11.3 Å². The topological polar surface area (TPSA) is 44.3 Å². The summed E-state index contributed by atoms with van der Waals surface area (Å²) < 4.78 is 0. The van der Waals surface area contributed by atoms with Gasteiger partial charge in [0.2, 0.25) is 0 Å². The van der Waals surface area contributed by atoms with Crippen molar-refractivity contribution in [1.29, 1.82) is 0 Å². The van der Waals surface area contributed by atoms with Crippen molar-refractivity contribution in [1.82, 2.24) is 10.6 Å². The summed E-state index contributed by atoms with van der Waals surface area (Å²) in [5.41, 5.74) is 3.47. The van der Waals surface area contributed by atoms with E-state index in [1.807, 2.05) is 6.08 Å². The van der Waals surface area contributed by atoms with E-state index in [-0.39, 0.29) is 23.3 Å². The first-order valence-electron chi connectivity index (χ1n) is 7.67. The molecule has 0 amide bonds. The predicted octanol–water partition coefficient (Wildman–Crippen LogP) is 3.86. The molecule has 1 aliphatic rings. The molecule has 2 rings (SSSR count). The Labute approximate surface area is 133 Å². The van der Waals surface area contributed by atoms with Crippen molar-refractivity contribution in [2.24, 2.45) is 0 Å². The SMILES string of the molecule is C=C(NC(C)C1C=CC(O)=CN1)c1ccc(C(C)(C)C)cc1. The van der Waals surface area contributed by atoms with E-state index in [4.69, 9.17) is 0 Å². The molecule has 0 aliphatic carbocycles. The summed E-state index contributed by atoms with van der Waals surface area (Å²) in [5.74, 6) is 0.250. The number of allylic oxidation sites excluding steroid dienone is 1. The zero-order valence-electron chi connectivity index (χ0n) is 13.9. The summed E-state index contributed by atoms with van der Waals surface area (Å²) >= 11 is 0. The third-order valence-corrected chi connectivity index (χ3v) is 3.94. The standard InChI is InChI=1S/C19H26N2O/c1-13(15-6-8-16(9-7-15)19(3,4)5)21-14(2)18-11-10-17(22)12-20-18/h6-12,14,18,20-22H,1H2,2-5H3. The number of hydrogen-bond acceptors (Lipinski definition) is 3. The second-order valence-electron chi connectivity index (χ2n) is 6.86. The van der Waals surface area contributed by atoms with E-state index in [1.165, 1.54) is 5.56 Å². The maximum Gasteiger partial charge on any atom is 0.130 e. The van der Waals surface area contributed by atoms with Gasteiger partial charge in [0, 0.05) is 17.9 Å². The quantitative estimate of drug-likeness (QED) is 0.791. The molecule has 1 aromatic carbocycles. The number of aliphatic hydroxyl groups excluding tert-OH is 1. The highest BCUT2D eigenvalue weighted by atomic mass is 16.3. The van der Waals surface area contributed by atoms with Crippen molar-refractivity contribution in [2.75, 3.05) is 0 Å². The van der Waals surface area contributed by atoms with E-state index in [0.29, 0.717) is 0 Å². The lowest BCUT2D eigenvalue weighted by molar-refractivity contribution is 0.413. The Hall–Kier alpha value is -2.16. The van der Waals surface area contributed by atoms with Gasteiger partial charge in [-0.05, 0) is 29.5 Å². The minimum absolute atomic E-state index is 0.126. The van der Waals surface area contributed by atoms with Crippen LogP contribution in [0.5, 0.6) is 0 Å². The molecule has 118 valence electrons. The van der Waals surface area contributed by atoms with E-state index in [2.05, 4.69) is 69.2 Å². The van der Waals surface area contributed by atoms with Crippen LogP contribution in [-0.4, -0.2) is 17.2 Å². The molecule has 3 heteroatoms. The molecule has 0 radical (unpaired) electrons. The van der Waals surface area contributed by atoms with Gasteiger partial charge in [-0.3, -0.25) is 0 Å². The van der Waals surface area contributed by atoms with Gasteiger partial charge in [-0.1, -0.05) is 57.7 Å². The van der Waals surface area contributed by atoms with Gasteiger partial charge in [0.25, 0.3) is 0 Å². The Morgan fingerprint density at radius 1 is 1.27 bits per heavy atom. The summed E-state index contributed by atoms with van der Waals surface area (Å²) in [4.78, 5) is 0. The number of benzene rings is 1.